The predicted molar refractivity (Wildman–Crippen MR) is 129 cm³/mol. The van der Waals surface area contributed by atoms with Crippen LogP contribution in [-0.4, -0.2) is 46.7 Å². The zero-order chi connectivity index (χ0) is 23.5. The summed E-state index contributed by atoms with van der Waals surface area (Å²) in [7, 11) is 0. The van der Waals surface area contributed by atoms with Gasteiger partial charge in [0.1, 0.15) is 5.82 Å². The van der Waals surface area contributed by atoms with E-state index in [1.807, 2.05) is 43.3 Å². The zero-order valence-corrected chi connectivity index (χ0v) is 19.4. The molecule has 2 N–H and O–H groups in total. The SMILES string of the molecule is Cc1ccnc(NC(=O)CCC(=O)N(CC(=O)NCCc2ccccc2)C2CCCCC2)c1. The van der Waals surface area contributed by atoms with Crippen LogP contribution in [0.3, 0.4) is 0 Å². The van der Waals surface area contributed by atoms with Crippen LogP contribution in [0.25, 0.3) is 0 Å². The Morgan fingerprint density at radius 1 is 1.00 bits per heavy atom. The van der Waals surface area contributed by atoms with Crippen molar-refractivity contribution in [3.63, 3.8) is 0 Å². The first-order valence-electron chi connectivity index (χ1n) is 11.8. The van der Waals surface area contributed by atoms with E-state index in [2.05, 4.69) is 15.6 Å². The number of aryl methyl sites for hydroxylation is 1. The van der Waals surface area contributed by atoms with Gasteiger partial charge in [0.2, 0.25) is 17.7 Å². The molecule has 3 amide bonds. The molecule has 0 aliphatic heterocycles. The van der Waals surface area contributed by atoms with Crippen molar-refractivity contribution >= 4 is 23.5 Å². The highest BCUT2D eigenvalue weighted by molar-refractivity contribution is 5.93. The summed E-state index contributed by atoms with van der Waals surface area (Å²) in [5.41, 5.74) is 2.16. The summed E-state index contributed by atoms with van der Waals surface area (Å²) in [6.45, 7) is 2.49. The van der Waals surface area contributed by atoms with E-state index in [-0.39, 0.29) is 43.1 Å². The number of nitrogens with zero attached hydrogens (tertiary/aromatic N) is 2. The Morgan fingerprint density at radius 3 is 2.48 bits per heavy atom. The summed E-state index contributed by atoms with van der Waals surface area (Å²) in [4.78, 5) is 43.8. The maximum Gasteiger partial charge on any atom is 0.239 e. The molecular weight excluding hydrogens is 416 g/mol. The molecule has 1 aliphatic carbocycles. The predicted octanol–water partition coefficient (Wildman–Crippen LogP) is 3.63. The molecule has 0 bridgehead atoms. The quantitative estimate of drug-likeness (QED) is 0.578. The molecule has 1 aliphatic rings. The van der Waals surface area contributed by atoms with Crippen LogP contribution in [0.15, 0.2) is 48.7 Å². The van der Waals surface area contributed by atoms with Gasteiger partial charge in [-0.05, 0) is 49.4 Å². The molecule has 0 radical (unpaired) electrons. The minimum absolute atomic E-state index is 0.0410. The van der Waals surface area contributed by atoms with E-state index in [0.717, 1.165) is 49.7 Å². The lowest BCUT2D eigenvalue weighted by Gasteiger charge is -2.34. The molecule has 7 nitrogen and oxygen atoms in total. The maximum absolute atomic E-state index is 13.0. The van der Waals surface area contributed by atoms with Crippen LogP contribution >= 0.6 is 0 Å². The van der Waals surface area contributed by atoms with Crippen LogP contribution < -0.4 is 10.6 Å². The van der Waals surface area contributed by atoms with E-state index in [9.17, 15) is 14.4 Å². The van der Waals surface area contributed by atoms with Gasteiger partial charge in [-0.1, -0.05) is 49.6 Å². The topological polar surface area (TPSA) is 91.4 Å². The fourth-order valence-corrected chi connectivity index (χ4v) is 4.19. The molecule has 1 aromatic heterocycles. The number of hydrogen-bond donors (Lipinski definition) is 2. The summed E-state index contributed by atoms with van der Waals surface area (Å²) >= 11 is 0. The Labute approximate surface area is 196 Å². The Hall–Kier alpha value is -3.22. The third kappa shape index (κ3) is 8.33. The fourth-order valence-electron chi connectivity index (χ4n) is 4.19. The van der Waals surface area contributed by atoms with Crippen LogP contribution in [0, 0.1) is 6.92 Å². The highest BCUT2D eigenvalue weighted by Gasteiger charge is 2.27. The number of carbonyl (C=O) groups is 3. The first-order chi connectivity index (χ1) is 16.0. The zero-order valence-electron chi connectivity index (χ0n) is 19.4. The molecule has 0 saturated heterocycles. The number of rotatable bonds is 10. The number of benzene rings is 1. The van der Waals surface area contributed by atoms with Gasteiger partial charge in [-0.3, -0.25) is 14.4 Å². The normalized spacial score (nSPS) is 13.8. The number of hydrogen-bond acceptors (Lipinski definition) is 4. The Morgan fingerprint density at radius 2 is 1.76 bits per heavy atom. The van der Waals surface area contributed by atoms with Crippen LogP contribution in [-0.2, 0) is 20.8 Å². The van der Waals surface area contributed by atoms with Crippen molar-refractivity contribution in [3.05, 3.63) is 59.8 Å². The molecule has 2 aromatic rings. The number of aromatic nitrogens is 1. The van der Waals surface area contributed by atoms with Crippen LogP contribution in [0.2, 0.25) is 0 Å². The lowest BCUT2D eigenvalue weighted by molar-refractivity contribution is -0.139. The third-order valence-electron chi connectivity index (χ3n) is 5.98. The van der Waals surface area contributed by atoms with Crippen molar-refractivity contribution in [2.75, 3.05) is 18.4 Å². The van der Waals surface area contributed by atoms with E-state index >= 15 is 0 Å². The lowest BCUT2D eigenvalue weighted by Crippen LogP contribution is -2.47. The summed E-state index contributed by atoms with van der Waals surface area (Å²) in [5, 5.41) is 5.68. The molecule has 1 heterocycles. The Kier molecular flexibility index (Phi) is 9.42. The minimum atomic E-state index is -0.252. The molecule has 7 heteroatoms. The minimum Gasteiger partial charge on any atom is -0.354 e. The second kappa shape index (κ2) is 12.7. The van der Waals surface area contributed by atoms with Gasteiger partial charge in [-0.15, -0.1) is 0 Å². The average Bonchev–Trinajstić information content (AvgIpc) is 2.82. The Bertz CT molecular complexity index is 926. The van der Waals surface area contributed by atoms with Gasteiger partial charge < -0.3 is 15.5 Å². The van der Waals surface area contributed by atoms with E-state index in [4.69, 9.17) is 0 Å². The standard InChI is InChI=1S/C26H34N4O3/c1-20-14-16-27-23(18-20)29-24(31)12-13-26(33)30(22-10-6-3-7-11-22)19-25(32)28-17-15-21-8-4-2-5-9-21/h2,4-5,8-9,14,16,18,22H,3,6-7,10-13,15,17,19H2,1H3,(H,28,32)(H,27,29,31). The second-order valence-corrected chi connectivity index (χ2v) is 8.67. The smallest absolute Gasteiger partial charge is 0.239 e. The highest BCUT2D eigenvalue weighted by Crippen LogP contribution is 2.23. The highest BCUT2D eigenvalue weighted by atomic mass is 16.2. The molecule has 176 valence electrons. The van der Waals surface area contributed by atoms with Gasteiger partial charge in [-0.25, -0.2) is 4.98 Å². The van der Waals surface area contributed by atoms with Gasteiger partial charge in [0.25, 0.3) is 0 Å². The Balaban J connectivity index is 1.51. The van der Waals surface area contributed by atoms with Crippen molar-refractivity contribution in [3.8, 4) is 0 Å². The molecule has 1 fully saturated rings. The molecule has 33 heavy (non-hydrogen) atoms. The monoisotopic (exact) mass is 450 g/mol. The van der Waals surface area contributed by atoms with Crippen molar-refractivity contribution < 1.29 is 14.4 Å². The number of amides is 3. The first-order valence-corrected chi connectivity index (χ1v) is 11.8. The van der Waals surface area contributed by atoms with Gasteiger partial charge in [0.05, 0.1) is 6.54 Å². The van der Waals surface area contributed by atoms with Crippen LogP contribution in [0.4, 0.5) is 5.82 Å². The molecular formula is C26H34N4O3. The molecule has 1 aromatic carbocycles. The van der Waals surface area contributed by atoms with Gasteiger partial charge in [0.15, 0.2) is 0 Å². The van der Waals surface area contributed by atoms with E-state index in [1.54, 1.807) is 17.2 Å². The number of nitrogens with one attached hydrogen (secondary N) is 2. The summed E-state index contributed by atoms with van der Waals surface area (Å²) in [6, 6.07) is 13.7. The van der Waals surface area contributed by atoms with Crippen molar-refractivity contribution in [2.45, 2.75) is 64.3 Å². The van der Waals surface area contributed by atoms with E-state index in [1.165, 1.54) is 0 Å². The van der Waals surface area contributed by atoms with Crippen molar-refractivity contribution in [1.82, 2.24) is 15.2 Å². The summed E-state index contributed by atoms with van der Waals surface area (Å²) < 4.78 is 0. The van der Waals surface area contributed by atoms with Gasteiger partial charge in [-0.2, -0.15) is 0 Å². The fraction of sp³-hybridized carbons (Fsp3) is 0.462. The molecule has 0 unspecified atom stereocenters. The lowest BCUT2D eigenvalue weighted by atomic mass is 9.94. The number of anilines is 1. The third-order valence-corrected chi connectivity index (χ3v) is 5.98. The summed E-state index contributed by atoms with van der Waals surface area (Å²) in [5.74, 6) is -0.0718. The molecule has 0 atom stereocenters. The van der Waals surface area contributed by atoms with Gasteiger partial charge >= 0.3 is 0 Å². The van der Waals surface area contributed by atoms with E-state index < -0.39 is 0 Å². The second-order valence-electron chi connectivity index (χ2n) is 8.67. The van der Waals surface area contributed by atoms with Gasteiger partial charge in [0, 0.05) is 31.6 Å². The van der Waals surface area contributed by atoms with Crippen LogP contribution in [0.5, 0.6) is 0 Å². The molecule has 1 saturated carbocycles. The molecule has 0 spiro atoms. The molecule has 3 rings (SSSR count). The van der Waals surface area contributed by atoms with E-state index in [0.29, 0.717) is 12.4 Å². The maximum atomic E-state index is 13.0. The summed E-state index contributed by atoms with van der Waals surface area (Å²) in [6.07, 6.45) is 7.61. The first kappa shape index (κ1) is 24.4. The van der Waals surface area contributed by atoms with Crippen molar-refractivity contribution in [1.29, 1.82) is 0 Å². The largest absolute Gasteiger partial charge is 0.354 e. The number of pyridine rings is 1. The average molecular weight is 451 g/mol. The van der Waals surface area contributed by atoms with Crippen molar-refractivity contribution in [2.24, 2.45) is 0 Å². The van der Waals surface area contributed by atoms with Crippen LogP contribution in [0.1, 0.15) is 56.1 Å². The number of carbonyl (C=O) groups excluding carboxylic acids is 3.